The summed E-state index contributed by atoms with van der Waals surface area (Å²) >= 11 is 6.54. The summed E-state index contributed by atoms with van der Waals surface area (Å²) in [5, 5.41) is 4.96. The van der Waals surface area contributed by atoms with Gasteiger partial charge in [-0.15, -0.1) is 0 Å². The summed E-state index contributed by atoms with van der Waals surface area (Å²) in [6.45, 7) is 3.88. The van der Waals surface area contributed by atoms with Crippen molar-refractivity contribution in [3.05, 3.63) is 93.8 Å². The van der Waals surface area contributed by atoms with Gasteiger partial charge in [-0.3, -0.25) is 0 Å². The molecule has 0 bridgehead atoms. The van der Waals surface area contributed by atoms with Crippen molar-refractivity contribution in [3.63, 3.8) is 0 Å². The summed E-state index contributed by atoms with van der Waals surface area (Å²) in [6.07, 6.45) is 3.47. The van der Waals surface area contributed by atoms with E-state index in [1.807, 2.05) is 68.4 Å². The number of benzene rings is 2. The third kappa shape index (κ3) is 3.32. The maximum atomic E-state index is 12.3. The number of carbonyl (C=O) groups excluding carboxylic acids is 1. The molecule has 5 heteroatoms. The maximum Gasteiger partial charge on any atom is 0.343 e. The molecule has 0 unspecified atom stereocenters. The number of esters is 1. The van der Waals surface area contributed by atoms with Gasteiger partial charge in [0.05, 0.1) is 17.0 Å². The zero-order chi connectivity index (χ0) is 19.0. The van der Waals surface area contributed by atoms with E-state index >= 15 is 0 Å². The smallest absolute Gasteiger partial charge is 0.343 e. The molecule has 0 atom stereocenters. The molecule has 4 nitrogen and oxygen atoms in total. The number of cyclic esters (lactones) is 1. The van der Waals surface area contributed by atoms with Gasteiger partial charge in [0.1, 0.15) is 10.9 Å². The second-order valence-electron chi connectivity index (χ2n) is 6.40. The Labute approximate surface area is 162 Å². The molecule has 4 rings (SSSR count). The average molecular weight is 377 g/mol. The third-order valence-corrected chi connectivity index (χ3v) is 4.77. The molecule has 0 saturated heterocycles. The monoisotopic (exact) mass is 376 g/mol. The quantitative estimate of drug-likeness (QED) is 0.470. The fourth-order valence-electron chi connectivity index (χ4n) is 2.92. The van der Waals surface area contributed by atoms with E-state index in [1.165, 1.54) is 0 Å². The van der Waals surface area contributed by atoms with Crippen molar-refractivity contribution in [2.24, 2.45) is 0 Å². The highest BCUT2D eigenvalue weighted by atomic mass is 35.5. The Morgan fingerprint density at radius 1 is 1.04 bits per heavy atom. The van der Waals surface area contributed by atoms with Crippen LogP contribution in [0.2, 0.25) is 5.15 Å². The highest BCUT2D eigenvalue weighted by molar-refractivity contribution is 6.31. The van der Waals surface area contributed by atoms with Crippen molar-refractivity contribution >= 4 is 29.4 Å². The molecule has 1 aliphatic rings. The molecule has 0 spiro atoms. The van der Waals surface area contributed by atoms with Gasteiger partial charge in [-0.05, 0) is 38.1 Å². The van der Waals surface area contributed by atoms with E-state index in [9.17, 15) is 4.79 Å². The van der Waals surface area contributed by atoms with E-state index in [0.29, 0.717) is 22.0 Å². The van der Waals surface area contributed by atoms with Crippen LogP contribution >= 0.6 is 11.6 Å². The summed E-state index contributed by atoms with van der Waals surface area (Å²) in [4.78, 5) is 12.3. The first kappa shape index (κ1) is 17.3. The zero-order valence-electron chi connectivity index (χ0n) is 14.9. The number of ether oxygens (including phenoxy) is 1. The van der Waals surface area contributed by atoms with E-state index in [2.05, 4.69) is 5.10 Å². The predicted molar refractivity (Wildman–Crippen MR) is 107 cm³/mol. The summed E-state index contributed by atoms with van der Waals surface area (Å²) in [6, 6.07) is 17.5. The van der Waals surface area contributed by atoms with Crippen LogP contribution in [0.25, 0.3) is 17.5 Å². The van der Waals surface area contributed by atoms with Crippen molar-refractivity contribution in [1.82, 2.24) is 9.78 Å². The Kier molecular flexibility index (Phi) is 4.42. The van der Waals surface area contributed by atoms with E-state index in [-0.39, 0.29) is 0 Å². The Bertz CT molecular complexity index is 1080. The average Bonchev–Trinajstić information content (AvgIpc) is 3.18. The van der Waals surface area contributed by atoms with Gasteiger partial charge in [0, 0.05) is 11.1 Å². The Balaban J connectivity index is 1.72. The van der Waals surface area contributed by atoms with Crippen LogP contribution in [0.15, 0.2) is 66.2 Å². The molecule has 0 radical (unpaired) electrons. The van der Waals surface area contributed by atoms with E-state index in [0.717, 1.165) is 22.5 Å². The molecule has 0 fully saturated rings. The molecule has 2 aromatic carbocycles. The summed E-state index contributed by atoms with van der Waals surface area (Å²) in [7, 11) is 0. The van der Waals surface area contributed by atoms with Gasteiger partial charge in [-0.25, -0.2) is 9.48 Å². The highest BCUT2D eigenvalue weighted by Gasteiger charge is 2.23. The van der Waals surface area contributed by atoms with Gasteiger partial charge in [-0.1, -0.05) is 59.6 Å². The van der Waals surface area contributed by atoms with Gasteiger partial charge in [-0.2, -0.15) is 5.10 Å². The van der Waals surface area contributed by atoms with Crippen LogP contribution in [-0.4, -0.2) is 15.7 Å². The van der Waals surface area contributed by atoms with E-state index < -0.39 is 5.97 Å². The van der Waals surface area contributed by atoms with Gasteiger partial charge in [0.15, 0.2) is 0 Å². The minimum Gasteiger partial charge on any atom is -0.422 e. The fourth-order valence-corrected chi connectivity index (χ4v) is 3.25. The molecule has 0 N–H and O–H groups in total. The lowest BCUT2D eigenvalue weighted by Gasteiger charge is -2.02. The maximum absolute atomic E-state index is 12.3. The lowest BCUT2D eigenvalue weighted by atomic mass is 10.1. The Hall–Kier alpha value is -3.11. The second-order valence-corrected chi connectivity index (χ2v) is 6.76. The van der Waals surface area contributed by atoms with Crippen LogP contribution in [0.3, 0.4) is 0 Å². The molecular formula is C22H17ClN2O2. The minimum absolute atomic E-state index is 0.395. The minimum atomic E-state index is -0.395. The number of nitrogens with zero attached hydrogens (tertiary/aromatic N) is 2. The number of halogens is 1. The first-order valence-electron chi connectivity index (χ1n) is 8.56. The lowest BCUT2D eigenvalue weighted by Crippen LogP contribution is -1.97. The topological polar surface area (TPSA) is 44.1 Å². The van der Waals surface area contributed by atoms with Crippen molar-refractivity contribution in [2.45, 2.75) is 13.8 Å². The van der Waals surface area contributed by atoms with Crippen LogP contribution in [-0.2, 0) is 9.53 Å². The summed E-state index contributed by atoms with van der Waals surface area (Å²) in [5.41, 5.74) is 4.76. The normalized spacial score (nSPS) is 15.1. The van der Waals surface area contributed by atoms with Gasteiger partial charge < -0.3 is 4.74 Å². The van der Waals surface area contributed by atoms with Crippen molar-refractivity contribution in [1.29, 1.82) is 0 Å². The molecule has 2 heterocycles. The molecule has 0 amide bonds. The number of aromatic nitrogens is 2. The molecular weight excluding hydrogens is 360 g/mol. The standard InChI is InChI=1S/C22H17ClN2O2/c1-14-8-10-16(11-9-14)20-13-17(22(26)27-20)12-19-15(2)24-25(21(19)23)18-6-4-3-5-7-18/h3-13H,1-2H3. The molecule has 134 valence electrons. The molecule has 0 aliphatic carbocycles. The number of hydrogen-bond acceptors (Lipinski definition) is 3. The Morgan fingerprint density at radius 2 is 1.74 bits per heavy atom. The molecule has 1 aliphatic heterocycles. The van der Waals surface area contributed by atoms with Gasteiger partial charge >= 0.3 is 5.97 Å². The van der Waals surface area contributed by atoms with Gasteiger partial charge in [0.2, 0.25) is 0 Å². The summed E-state index contributed by atoms with van der Waals surface area (Å²) < 4.78 is 7.09. The van der Waals surface area contributed by atoms with Crippen molar-refractivity contribution in [2.75, 3.05) is 0 Å². The number of aryl methyl sites for hydroxylation is 2. The molecule has 0 saturated carbocycles. The number of carbonyl (C=O) groups is 1. The van der Waals surface area contributed by atoms with Crippen LogP contribution < -0.4 is 0 Å². The highest BCUT2D eigenvalue weighted by Crippen LogP contribution is 2.31. The summed E-state index contributed by atoms with van der Waals surface area (Å²) in [5.74, 6) is 0.143. The van der Waals surface area contributed by atoms with E-state index in [4.69, 9.17) is 16.3 Å². The zero-order valence-corrected chi connectivity index (χ0v) is 15.7. The van der Waals surface area contributed by atoms with Crippen molar-refractivity contribution < 1.29 is 9.53 Å². The lowest BCUT2D eigenvalue weighted by molar-refractivity contribution is -0.130. The second kappa shape index (κ2) is 6.89. The number of rotatable bonds is 3. The first-order chi connectivity index (χ1) is 13.0. The third-order valence-electron chi connectivity index (χ3n) is 4.41. The number of hydrogen-bond donors (Lipinski definition) is 0. The fraction of sp³-hybridized carbons (Fsp3) is 0.0909. The van der Waals surface area contributed by atoms with E-state index in [1.54, 1.807) is 16.8 Å². The van der Waals surface area contributed by atoms with Crippen LogP contribution in [0.4, 0.5) is 0 Å². The first-order valence-corrected chi connectivity index (χ1v) is 8.94. The Morgan fingerprint density at radius 3 is 2.44 bits per heavy atom. The van der Waals surface area contributed by atoms with Gasteiger partial charge in [0.25, 0.3) is 0 Å². The van der Waals surface area contributed by atoms with Crippen LogP contribution in [0.1, 0.15) is 22.4 Å². The molecule has 3 aromatic rings. The molecule has 27 heavy (non-hydrogen) atoms. The van der Waals surface area contributed by atoms with Crippen LogP contribution in [0, 0.1) is 13.8 Å². The number of para-hydroxylation sites is 1. The molecule has 1 aromatic heterocycles. The largest absolute Gasteiger partial charge is 0.422 e. The predicted octanol–water partition coefficient (Wildman–Crippen LogP) is 5.12. The SMILES string of the molecule is Cc1ccc(C2=CC(=Cc3c(C)nn(-c4ccccc4)c3Cl)C(=O)O2)cc1. The van der Waals surface area contributed by atoms with Crippen molar-refractivity contribution in [3.8, 4) is 5.69 Å². The van der Waals surface area contributed by atoms with Crippen LogP contribution in [0.5, 0.6) is 0 Å².